The van der Waals surface area contributed by atoms with Crippen molar-refractivity contribution in [1.82, 2.24) is 0 Å². The van der Waals surface area contributed by atoms with Gasteiger partial charge in [0.05, 0.1) is 13.2 Å². The van der Waals surface area contributed by atoms with E-state index in [-0.39, 0.29) is 12.1 Å². The molecule has 0 N–H and O–H groups in total. The monoisotopic (exact) mass is 382 g/mol. The Morgan fingerprint density at radius 2 is 1.65 bits per heavy atom. The highest BCUT2D eigenvalue weighted by atomic mass is 28.4. The number of rotatable bonds is 16. The normalized spacial score (nSPS) is 13.6. The van der Waals surface area contributed by atoms with E-state index in [1.807, 2.05) is 0 Å². The largest absolute Gasteiger partial charge is 0.469 e. The third-order valence-electron chi connectivity index (χ3n) is 4.15. The molecule has 0 aromatic rings. The van der Waals surface area contributed by atoms with E-state index in [1.165, 1.54) is 45.6 Å². The van der Waals surface area contributed by atoms with Crippen molar-refractivity contribution >= 4 is 14.3 Å². The molecular weight excluding hydrogens is 340 g/mol. The van der Waals surface area contributed by atoms with E-state index in [0.717, 1.165) is 25.7 Å². The predicted octanol–water partition coefficient (Wildman–Crippen LogP) is 6.80. The number of hydrogen-bond acceptors (Lipinski definition) is 3. The molecule has 0 aromatic carbocycles. The number of ether oxygens (including phenoxy) is 1. The summed E-state index contributed by atoms with van der Waals surface area (Å²) < 4.78 is 10.9. The van der Waals surface area contributed by atoms with E-state index in [2.05, 4.69) is 55.6 Å². The van der Waals surface area contributed by atoms with Crippen molar-refractivity contribution in [1.29, 1.82) is 0 Å². The Balaban J connectivity index is 3.87. The summed E-state index contributed by atoms with van der Waals surface area (Å²) in [4.78, 5) is 11.0. The molecule has 0 saturated heterocycles. The first-order valence-electron chi connectivity index (χ1n) is 10.5. The number of esters is 1. The zero-order valence-corrected chi connectivity index (χ0v) is 18.9. The first-order chi connectivity index (χ1) is 12.4. The van der Waals surface area contributed by atoms with Gasteiger partial charge < -0.3 is 9.16 Å². The Morgan fingerprint density at radius 3 is 2.31 bits per heavy atom. The number of carbonyl (C=O) groups is 1. The molecule has 0 aliphatic carbocycles. The van der Waals surface area contributed by atoms with Crippen LogP contribution in [0.5, 0.6) is 0 Å². The van der Waals surface area contributed by atoms with Gasteiger partial charge in [0.1, 0.15) is 0 Å². The van der Waals surface area contributed by atoms with Gasteiger partial charge in [-0.25, -0.2) is 0 Å². The Hall–Kier alpha value is -0.873. The minimum absolute atomic E-state index is 0.0918. The average molecular weight is 383 g/mol. The SMILES string of the molecule is CCCCCC(/C=C/C=C\CCCCCCCC(=O)OC)O[Si](C)(C)C. The fourth-order valence-electron chi connectivity index (χ4n) is 2.77. The predicted molar refractivity (Wildman–Crippen MR) is 115 cm³/mol. The number of unbranched alkanes of at least 4 members (excludes halogenated alkanes) is 7. The lowest BCUT2D eigenvalue weighted by Crippen LogP contribution is -2.31. The summed E-state index contributed by atoms with van der Waals surface area (Å²) in [6.07, 6.45) is 21.4. The molecule has 0 heterocycles. The maximum absolute atomic E-state index is 11.0. The molecule has 0 saturated carbocycles. The molecule has 0 bridgehead atoms. The van der Waals surface area contributed by atoms with Crippen molar-refractivity contribution in [3.8, 4) is 0 Å². The van der Waals surface area contributed by atoms with Crippen LogP contribution in [-0.4, -0.2) is 27.5 Å². The van der Waals surface area contributed by atoms with Crippen LogP contribution in [0.1, 0.15) is 77.6 Å². The van der Waals surface area contributed by atoms with Gasteiger partial charge >= 0.3 is 5.97 Å². The zero-order valence-electron chi connectivity index (χ0n) is 17.9. The zero-order chi connectivity index (χ0) is 19.7. The molecule has 4 heteroatoms. The molecule has 3 nitrogen and oxygen atoms in total. The maximum atomic E-state index is 11.0. The maximum Gasteiger partial charge on any atom is 0.305 e. The van der Waals surface area contributed by atoms with E-state index in [4.69, 9.17) is 4.43 Å². The Morgan fingerprint density at radius 1 is 0.962 bits per heavy atom. The first kappa shape index (κ1) is 25.1. The summed E-state index contributed by atoms with van der Waals surface area (Å²) >= 11 is 0. The summed E-state index contributed by atoms with van der Waals surface area (Å²) in [6, 6.07) is 0. The molecule has 0 amide bonds. The summed E-state index contributed by atoms with van der Waals surface area (Å²) in [5.74, 6) is -0.0918. The van der Waals surface area contributed by atoms with E-state index >= 15 is 0 Å². The highest BCUT2D eigenvalue weighted by Gasteiger charge is 2.18. The molecule has 0 aliphatic rings. The number of allylic oxidation sites excluding steroid dienone is 3. The lowest BCUT2D eigenvalue weighted by atomic mass is 10.1. The molecule has 152 valence electrons. The lowest BCUT2D eigenvalue weighted by Gasteiger charge is -2.24. The van der Waals surface area contributed by atoms with Crippen molar-refractivity contribution in [2.75, 3.05) is 7.11 Å². The summed E-state index contributed by atoms with van der Waals surface area (Å²) in [5.41, 5.74) is 0. The lowest BCUT2D eigenvalue weighted by molar-refractivity contribution is -0.140. The minimum Gasteiger partial charge on any atom is -0.469 e. The van der Waals surface area contributed by atoms with Gasteiger partial charge in [0.15, 0.2) is 8.32 Å². The van der Waals surface area contributed by atoms with Crippen LogP contribution in [0, 0.1) is 0 Å². The van der Waals surface area contributed by atoms with Gasteiger partial charge in [0.2, 0.25) is 0 Å². The van der Waals surface area contributed by atoms with Gasteiger partial charge in [-0.1, -0.05) is 69.8 Å². The summed E-state index contributed by atoms with van der Waals surface area (Å²) in [5, 5.41) is 0. The van der Waals surface area contributed by atoms with E-state index in [1.54, 1.807) is 0 Å². The quantitative estimate of drug-likeness (QED) is 0.127. The third-order valence-corrected chi connectivity index (χ3v) is 5.16. The number of hydrogen-bond donors (Lipinski definition) is 0. The van der Waals surface area contributed by atoms with Crippen molar-refractivity contribution in [3.63, 3.8) is 0 Å². The van der Waals surface area contributed by atoms with Crippen LogP contribution < -0.4 is 0 Å². The van der Waals surface area contributed by atoms with E-state index < -0.39 is 8.32 Å². The fraction of sp³-hybridized carbons (Fsp3) is 0.773. The van der Waals surface area contributed by atoms with Gasteiger partial charge in [0.25, 0.3) is 0 Å². The third kappa shape index (κ3) is 17.9. The molecular formula is C22H42O3Si. The second-order valence-corrected chi connectivity index (χ2v) is 12.4. The second kappa shape index (κ2) is 16.3. The second-order valence-electron chi connectivity index (χ2n) is 7.96. The standard InChI is InChI=1S/C22H42O3Si/c1-6-7-15-18-21(25-26(3,4)5)19-16-13-11-9-8-10-12-14-17-20-22(23)24-2/h11,13,16,19,21H,6-10,12,14-15,17-18,20H2,1-5H3/b13-11-,19-16+. The number of carbonyl (C=O) groups excluding carboxylic acids is 1. The smallest absolute Gasteiger partial charge is 0.305 e. The highest BCUT2D eigenvalue weighted by Crippen LogP contribution is 2.15. The molecule has 0 aromatic heterocycles. The van der Waals surface area contributed by atoms with Gasteiger partial charge in [-0.15, -0.1) is 0 Å². The molecule has 0 spiro atoms. The molecule has 0 radical (unpaired) electrons. The van der Waals surface area contributed by atoms with E-state index in [0.29, 0.717) is 6.42 Å². The fourth-order valence-corrected chi connectivity index (χ4v) is 3.88. The van der Waals surface area contributed by atoms with Crippen LogP contribution >= 0.6 is 0 Å². The molecule has 1 atom stereocenters. The minimum atomic E-state index is -1.49. The van der Waals surface area contributed by atoms with Crippen molar-refractivity contribution in [3.05, 3.63) is 24.3 Å². The van der Waals surface area contributed by atoms with Gasteiger partial charge in [0, 0.05) is 6.42 Å². The Kier molecular flexibility index (Phi) is 15.8. The van der Waals surface area contributed by atoms with Crippen LogP contribution in [0.3, 0.4) is 0 Å². The molecule has 0 fully saturated rings. The van der Waals surface area contributed by atoms with Crippen LogP contribution in [0.15, 0.2) is 24.3 Å². The average Bonchev–Trinajstić information content (AvgIpc) is 2.58. The summed E-state index contributed by atoms with van der Waals surface area (Å²) in [6.45, 7) is 9.02. The molecule has 26 heavy (non-hydrogen) atoms. The van der Waals surface area contributed by atoms with Gasteiger partial charge in [-0.2, -0.15) is 0 Å². The van der Waals surface area contributed by atoms with Crippen molar-refractivity contribution < 1.29 is 14.0 Å². The first-order valence-corrected chi connectivity index (χ1v) is 13.9. The highest BCUT2D eigenvalue weighted by molar-refractivity contribution is 6.69. The molecule has 1 unspecified atom stereocenters. The van der Waals surface area contributed by atoms with Crippen LogP contribution in [0.25, 0.3) is 0 Å². The van der Waals surface area contributed by atoms with Crippen molar-refractivity contribution in [2.24, 2.45) is 0 Å². The summed E-state index contributed by atoms with van der Waals surface area (Å²) in [7, 11) is -0.0397. The topological polar surface area (TPSA) is 35.5 Å². The van der Waals surface area contributed by atoms with Gasteiger partial charge in [-0.3, -0.25) is 4.79 Å². The molecule has 0 aliphatic heterocycles. The van der Waals surface area contributed by atoms with Crippen molar-refractivity contribution in [2.45, 2.75) is 103 Å². The number of methoxy groups -OCH3 is 1. The Bertz CT molecular complexity index is 397. The van der Waals surface area contributed by atoms with Gasteiger partial charge in [-0.05, 0) is 45.3 Å². The molecule has 0 rings (SSSR count). The van der Waals surface area contributed by atoms with Crippen LogP contribution in [0.2, 0.25) is 19.6 Å². The van der Waals surface area contributed by atoms with Crippen LogP contribution in [-0.2, 0) is 14.0 Å². The Labute approximate surface area is 163 Å². The van der Waals surface area contributed by atoms with Crippen LogP contribution in [0.4, 0.5) is 0 Å². The van der Waals surface area contributed by atoms with E-state index in [9.17, 15) is 4.79 Å².